The highest BCUT2D eigenvalue weighted by Crippen LogP contribution is 2.26. The monoisotopic (exact) mass is 473 g/mol. The number of carbonyl (C=O) groups excluding carboxylic acids is 2. The molecule has 176 valence electrons. The van der Waals surface area contributed by atoms with Gasteiger partial charge in [-0.3, -0.25) is 9.59 Å². The van der Waals surface area contributed by atoms with Gasteiger partial charge in [-0.1, -0.05) is 73.5 Å². The first-order valence-electron chi connectivity index (χ1n) is 11.8. The fourth-order valence-electron chi connectivity index (χ4n) is 4.11. The molecular weight excluding hydrogens is 442 g/mol. The molecule has 0 aromatic heterocycles. The molecule has 0 unspecified atom stereocenters. The summed E-state index contributed by atoms with van der Waals surface area (Å²) in [5, 5.41) is 7.36. The van der Waals surface area contributed by atoms with Crippen molar-refractivity contribution in [3.63, 3.8) is 0 Å². The summed E-state index contributed by atoms with van der Waals surface area (Å²) >= 11 is 1.52. The molecule has 4 rings (SSSR count). The van der Waals surface area contributed by atoms with Gasteiger partial charge < -0.3 is 10.7 Å². The van der Waals surface area contributed by atoms with Crippen LogP contribution in [-0.4, -0.2) is 22.1 Å². The van der Waals surface area contributed by atoms with Crippen LogP contribution in [0.15, 0.2) is 83.9 Å². The van der Waals surface area contributed by atoms with Crippen LogP contribution in [0.5, 0.6) is 0 Å². The summed E-state index contributed by atoms with van der Waals surface area (Å²) in [5.74, 6) is 0.243. The first-order valence-corrected chi connectivity index (χ1v) is 12.7. The predicted molar refractivity (Wildman–Crippen MR) is 141 cm³/mol. The molecule has 6 heteroatoms. The van der Waals surface area contributed by atoms with Gasteiger partial charge in [-0.05, 0) is 60.2 Å². The number of hydrazine groups is 1. The number of ketones is 1. The van der Waals surface area contributed by atoms with Gasteiger partial charge >= 0.3 is 0 Å². The van der Waals surface area contributed by atoms with E-state index in [1.165, 1.54) is 11.9 Å². The molecule has 0 spiro atoms. The minimum atomic E-state index is -0.315. The zero-order valence-electron chi connectivity index (χ0n) is 19.5. The van der Waals surface area contributed by atoms with Gasteiger partial charge in [0.1, 0.15) is 11.8 Å². The van der Waals surface area contributed by atoms with E-state index >= 15 is 0 Å². The third-order valence-electron chi connectivity index (χ3n) is 5.91. The van der Waals surface area contributed by atoms with Gasteiger partial charge in [0.05, 0.1) is 0 Å². The molecule has 2 N–H and O–H groups in total. The van der Waals surface area contributed by atoms with Gasteiger partial charge in [0.25, 0.3) is 0 Å². The lowest BCUT2D eigenvalue weighted by Gasteiger charge is -2.26. The van der Waals surface area contributed by atoms with E-state index in [1.807, 2.05) is 83.5 Å². The normalized spacial score (nSPS) is 14.4. The van der Waals surface area contributed by atoms with Crippen molar-refractivity contribution in [2.45, 2.75) is 51.5 Å². The fourth-order valence-corrected chi connectivity index (χ4v) is 4.98. The van der Waals surface area contributed by atoms with Crippen LogP contribution >= 0.6 is 11.9 Å². The number of rotatable bonds is 11. The maximum Gasteiger partial charge on any atom is 0.244 e. The van der Waals surface area contributed by atoms with Crippen LogP contribution in [0.25, 0.3) is 10.8 Å². The zero-order chi connectivity index (χ0) is 23.8. The lowest BCUT2D eigenvalue weighted by Crippen LogP contribution is -2.44. The van der Waals surface area contributed by atoms with E-state index in [0.717, 1.165) is 47.0 Å². The van der Waals surface area contributed by atoms with Crippen molar-refractivity contribution in [2.24, 2.45) is 0 Å². The Morgan fingerprint density at radius 2 is 1.71 bits per heavy atom. The van der Waals surface area contributed by atoms with Crippen LogP contribution in [0, 0.1) is 0 Å². The number of Topliss-reactive ketones (excluding diaryl/α,β-unsaturated/α-hetero) is 1. The highest BCUT2D eigenvalue weighted by molar-refractivity contribution is 8.00. The molecule has 1 heterocycles. The van der Waals surface area contributed by atoms with Gasteiger partial charge in [-0.15, -0.1) is 4.41 Å². The SMILES string of the molecule is CC1=CSN([C@@H](CCCCCC(=O)Cc2ccccc2)C(=O)Nc2ccc3ccccc3c2)N1. The van der Waals surface area contributed by atoms with E-state index in [9.17, 15) is 9.59 Å². The van der Waals surface area contributed by atoms with Crippen molar-refractivity contribution in [1.29, 1.82) is 0 Å². The van der Waals surface area contributed by atoms with Crippen LogP contribution in [0.2, 0.25) is 0 Å². The minimum absolute atomic E-state index is 0.0291. The smallest absolute Gasteiger partial charge is 0.244 e. The van der Waals surface area contributed by atoms with E-state index in [1.54, 1.807) is 0 Å². The number of nitrogens with one attached hydrogen (secondary N) is 2. The molecule has 34 heavy (non-hydrogen) atoms. The number of fused-ring (bicyclic) bond motifs is 1. The number of carbonyl (C=O) groups is 2. The molecule has 1 atom stereocenters. The molecule has 0 saturated heterocycles. The molecule has 5 nitrogen and oxygen atoms in total. The van der Waals surface area contributed by atoms with Gasteiger partial charge in [0.2, 0.25) is 5.91 Å². The molecular formula is C28H31N3O2S. The van der Waals surface area contributed by atoms with Crippen molar-refractivity contribution in [3.8, 4) is 0 Å². The average molecular weight is 474 g/mol. The van der Waals surface area contributed by atoms with Crippen molar-refractivity contribution in [2.75, 3.05) is 5.32 Å². The number of unbranched alkanes of at least 4 members (excludes halogenated alkanes) is 2. The van der Waals surface area contributed by atoms with E-state index in [0.29, 0.717) is 19.3 Å². The molecule has 3 aromatic carbocycles. The van der Waals surface area contributed by atoms with Crippen molar-refractivity contribution < 1.29 is 9.59 Å². The van der Waals surface area contributed by atoms with Gasteiger partial charge in [0.15, 0.2) is 0 Å². The number of anilines is 1. The number of nitrogens with zero attached hydrogens (tertiary/aromatic N) is 1. The second kappa shape index (κ2) is 11.9. The summed E-state index contributed by atoms with van der Waals surface area (Å²) in [6.45, 7) is 1.99. The van der Waals surface area contributed by atoms with E-state index in [-0.39, 0.29) is 17.7 Å². The fraction of sp³-hybridized carbons (Fsp3) is 0.286. The number of amides is 1. The molecule has 1 aliphatic rings. The lowest BCUT2D eigenvalue weighted by atomic mass is 10.0. The Morgan fingerprint density at radius 1 is 0.941 bits per heavy atom. The standard InChI is InChI=1S/C28H31N3O2S/c1-21-20-34-31(30-21)27(15-7-3-6-14-26(32)18-22-10-4-2-5-11-22)28(33)29-25-17-16-23-12-8-9-13-24(23)19-25/h2,4-5,8-13,16-17,19-20,27,30H,3,6-7,14-15,18H2,1H3,(H,29,33)/t27-/m0/s1. The Hall–Kier alpha value is -3.09. The molecule has 0 fully saturated rings. The Balaban J connectivity index is 1.29. The van der Waals surface area contributed by atoms with Crippen LogP contribution in [0.4, 0.5) is 5.69 Å². The quantitative estimate of drug-likeness (QED) is 0.255. The highest BCUT2D eigenvalue weighted by atomic mass is 32.2. The molecule has 3 aromatic rings. The zero-order valence-corrected chi connectivity index (χ0v) is 20.3. The summed E-state index contributed by atoms with van der Waals surface area (Å²) < 4.78 is 1.92. The Labute approximate surface area is 205 Å². The van der Waals surface area contributed by atoms with Crippen LogP contribution < -0.4 is 10.7 Å². The summed E-state index contributed by atoms with van der Waals surface area (Å²) in [7, 11) is 0. The minimum Gasteiger partial charge on any atom is -0.325 e. The van der Waals surface area contributed by atoms with Gasteiger partial charge in [-0.2, -0.15) is 0 Å². The third kappa shape index (κ3) is 6.72. The maximum atomic E-state index is 13.2. The molecule has 1 aliphatic heterocycles. The Kier molecular flexibility index (Phi) is 8.39. The number of hydrogen-bond donors (Lipinski definition) is 2. The van der Waals surface area contributed by atoms with Crippen LogP contribution in [0.3, 0.4) is 0 Å². The third-order valence-corrected chi connectivity index (χ3v) is 6.94. The summed E-state index contributed by atoms with van der Waals surface area (Å²) in [5.41, 5.74) is 6.17. The van der Waals surface area contributed by atoms with E-state index < -0.39 is 0 Å². The van der Waals surface area contributed by atoms with E-state index in [2.05, 4.69) is 16.8 Å². The first-order chi connectivity index (χ1) is 16.6. The summed E-state index contributed by atoms with van der Waals surface area (Å²) in [4.78, 5) is 25.5. The van der Waals surface area contributed by atoms with Crippen molar-refractivity contribution >= 4 is 40.1 Å². The first kappa shape index (κ1) is 24.0. The maximum absolute atomic E-state index is 13.2. The number of benzene rings is 3. The summed E-state index contributed by atoms with van der Waals surface area (Å²) in [6, 6.07) is 23.7. The molecule has 0 bridgehead atoms. The largest absolute Gasteiger partial charge is 0.325 e. The van der Waals surface area contributed by atoms with Gasteiger partial charge in [-0.25, -0.2) is 0 Å². The van der Waals surface area contributed by atoms with Crippen molar-refractivity contribution in [1.82, 2.24) is 9.84 Å². The highest BCUT2D eigenvalue weighted by Gasteiger charge is 2.28. The summed E-state index contributed by atoms with van der Waals surface area (Å²) in [6.07, 6.45) is 4.45. The Bertz CT molecular complexity index is 1160. The molecule has 0 radical (unpaired) electrons. The molecule has 0 aliphatic carbocycles. The molecule has 1 amide bonds. The second-order valence-electron chi connectivity index (χ2n) is 8.71. The number of allylic oxidation sites excluding steroid dienone is 1. The van der Waals surface area contributed by atoms with Crippen molar-refractivity contribution in [3.05, 3.63) is 89.5 Å². The number of hydrogen-bond acceptors (Lipinski definition) is 5. The lowest BCUT2D eigenvalue weighted by molar-refractivity contribution is -0.120. The predicted octanol–water partition coefficient (Wildman–Crippen LogP) is 6.24. The van der Waals surface area contributed by atoms with Crippen LogP contribution in [-0.2, 0) is 16.0 Å². The van der Waals surface area contributed by atoms with Gasteiger partial charge in [0, 0.05) is 29.6 Å². The Morgan fingerprint density at radius 3 is 2.47 bits per heavy atom. The topological polar surface area (TPSA) is 61.4 Å². The van der Waals surface area contributed by atoms with Crippen LogP contribution in [0.1, 0.15) is 44.6 Å². The molecule has 0 saturated carbocycles. The van der Waals surface area contributed by atoms with E-state index in [4.69, 9.17) is 0 Å². The average Bonchev–Trinajstić information content (AvgIpc) is 3.27. The second-order valence-corrected chi connectivity index (χ2v) is 9.55.